The smallest absolute Gasteiger partial charge is 0.331 e. The molecule has 8 unspecified atom stereocenters. The van der Waals surface area contributed by atoms with E-state index in [-0.39, 0.29) is 54.4 Å². The standard InChI is InChI=1S/C26H39NO6.C2H6/c1-24-8-6-17(32-14-22(29)27-3)11-16(24)4-5-19-20(24)12-21(28)25(2)18(7-9-26(19,25)31)15-10-23(30)33-13-15;1-2/h10,16-21,28,31H,4-9,11-14H2,1-3H3,(H,27,29);1-2H3/t16?,17?,18?,19?,20?,21?,24?,25-,26?;/m0./s1. The van der Waals surface area contributed by atoms with Crippen molar-refractivity contribution in [3.05, 3.63) is 11.6 Å². The maximum Gasteiger partial charge on any atom is 0.331 e. The maximum absolute atomic E-state index is 12.3. The highest BCUT2D eigenvalue weighted by atomic mass is 16.5. The number of carbonyl (C=O) groups excluding carboxylic acids is 2. The molecule has 9 atom stereocenters. The Labute approximate surface area is 210 Å². The molecule has 1 aliphatic heterocycles. The Balaban J connectivity index is 0.00000141. The van der Waals surface area contributed by atoms with E-state index in [4.69, 9.17) is 9.47 Å². The molecular formula is C28H45NO6. The largest absolute Gasteiger partial charge is 0.458 e. The maximum atomic E-state index is 12.3. The molecule has 198 valence electrons. The van der Waals surface area contributed by atoms with E-state index in [1.165, 1.54) is 0 Å². The third-order valence-electron chi connectivity index (χ3n) is 10.8. The minimum Gasteiger partial charge on any atom is -0.458 e. The third kappa shape index (κ3) is 4.06. The van der Waals surface area contributed by atoms with Gasteiger partial charge in [-0.3, -0.25) is 4.79 Å². The minimum atomic E-state index is -0.937. The van der Waals surface area contributed by atoms with Crippen molar-refractivity contribution in [1.82, 2.24) is 5.32 Å². The minimum absolute atomic E-state index is 0.0238. The molecule has 7 heteroatoms. The molecule has 5 aliphatic rings. The summed E-state index contributed by atoms with van der Waals surface area (Å²) < 4.78 is 11.1. The number of aliphatic hydroxyl groups is 2. The molecule has 4 aliphatic carbocycles. The second kappa shape index (κ2) is 9.79. The molecule has 0 aromatic carbocycles. The highest BCUT2D eigenvalue weighted by molar-refractivity contribution is 5.85. The van der Waals surface area contributed by atoms with Gasteiger partial charge in [0.2, 0.25) is 5.91 Å². The van der Waals surface area contributed by atoms with Crippen molar-refractivity contribution >= 4 is 11.9 Å². The summed E-state index contributed by atoms with van der Waals surface area (Å²) in [5.41, 5.74) is -0.611. The molecule has 1 heterocycles. The number of hydrogen-bond acceptors (Lipinski definition) is 6. The first-order valence-corrected chi connectivity index (χ1v) is 13.7. The van der Waals surface area contributed by atoms with Crippen LogP contribution in [0.3, 0.4) is 0 Å². The highest BCUT2D eigenvalue weighted by Crippen LogP contribution is 2.69. The summed E-state index contributed by atoms with van der Waals surface area (Å²) in [5, 5.41) is 26.5. The van der Waals surface area contributed by atoms with Gasteiger partial charge >= 0.3 is 5.97 Å². The zero-order chi connectivity index (χ0) is 25.6. The number of aliphatic hydroxyl groups excluding tert-OH is 1. The lowest BCUT2D eigenvalue weighted by molar-refractivity contribution is -0.245. The second-order valence-corrected chi connectivity index (χ2v) is 11.8. The number of ether oxygens (including phenoxy) is 2. The lowest BCUT2D eigenvalue weighted by atomic mass is 9.42. The van der Waals surface area contributed by atoms with Crippen LogP contribution in [0.5, 0.6) is 0 Å². The Kier molecular flexibility index (Phi) is 7.44. The van der Waals surface area contributed by atoms with Crippen LogP contribution < -0.4 is 5.32 Å². The SMILES string of the molecule is CC.CNC(=O)COC1CCC2(C)C(CCC3C2CC(O)[C@]2(C)C(C4=CC(=O)OC4)CCC32O)C1. The predicted molar refractivity (Wildman–Crippen MR) is 132 cm³/mol. The van der Waals surface area contributed by atoms with Gasteiger partial charge < -0.3 is 25.0 Å². The third-order valence-corrected chi connectivity index (χ3v) is 10.8. The summed E-state index contributed by atoms with van der Waals surface area (Å²) in [4.78, 5) is 23.3. The van der Waals surface area contributed by atoms with E-state index in [0.29, 0.717) is 18.8 Å². The van der Waals surface area contributed by atoms with Crippen LogP contribution in [0.2, 0.25) is 0 Å². The molecule has 0 saturated heterocycles. The van der Waals surface area contributed by atoms with Crippen LogP contribution in [-0.2, 0) is 19.1 Å². The molecule has 0 aromatic heterocycles. The Hall–Kier alpha value is -1.44. The van der Waals surface area contributed by atoms with Gasteiger partial charge in [0, 0.05) is 18.5 Å². The fourth-order valence-corrected chi connectivity index (χ4v) is 8.77. The number of likely N-dealkylation sites (N-methyl/N-ethyl adjacent to an activating group) is 1. The summed E-state index contributed by atoms with van der Waals surface area (Å²) in [6, 6.07) is 0. The van der Waals surface area contributed by atoms with E-state index in [9.17, 15) is 19.8 Å². The summed E-state index contributed by atoms with van der Waals surface area (Å²) in [6.07, 6.45) is 8.04. The van der Waals surface area contributed by atoms with E-state index in [2.05, 4.69) is 12.2 Å². The lowest BCUT2D eigenvalue weighted by Crippen LogP contribution is -2.67. The lowest BCUT2D eigenvalue weighted by Gasteiger charge is -2.65. The summed E-state index contributed by atoms with van der Waals surface area (Å²) in [7, 11) is 1.62. The van der Waals surface area contributed by atoms with Crippen LogP contribution in [0, 0.1) is 34.5 Å². The van der Waals surface area contributed by atoms with Crippen molar-refractivity contribution in [1.29, 1.82) is 0 Å². The second-order valence-electron chi connectivity index (χ2n) is 11.8. The number of esters is 1. The first-order valence-electron chi connectivity index (χ1n) is 13.7. The van der Waals surface area contributed by atoms with Crippen LogP contribution in [0.1, 0.15) is 79.1 Å². The summed E-state index contributed by atoms with van der Waals surface area (Å²) >= 11 is 0. The number of nitrogens with one attached hydrogen (secondary N) is 1. The van der Waals surface area contributed by atoms with Gasteiger partial charge in [0.05, 0.1) is 17.8 Å². The van der Waals surface area contributed by atoms with E-state index in [0.717, 1.165) is 44.1 Å². The summed E-state index contributed by atoms with van der Waals surface area (Å²) in [6.45, 7) is 8.80. The normalized spacial score (nSPS) is 46.3. The zero-order valence-electron chi connectivity index (χ0n) is 22.1. The highest BCUT2D eigenvalue weighted by Gasteiger charge is 2.70. The van der Waals surface area contributed by atoms with Gasteiger partial charge in [0.15, 0.2) is 0 Å². The molecule has 35 heavy (non-hydrogen) atoms. The Bertz CT molecular complexity index is 858. The molecule has 0 bridgehead atoms. The number of hydrogen-bond donors (Lipinski definition) is 3. The van der Waals surface area contributed by atoms with Crippen LogP contribution in [0.15, 0.2) is 11.6 Å². The molecule has 0 spiro atoms. The first kappa shape index (κ1) is 26.6. The van der Waals surface area contributed by atoms with Crippen molar-refractivity contribution in [2.75, 3.05) is 20.3 Å². The van der Waals surface area contributed by atoms with E-state index in [1.807, 2.05) is 20.8 Å². The van der Waals surface area contributed by atoms with Gasteiger partial charge in [0.25, 0.3) is 0 Å². The van der Waals surface area contributed by atoms with Gasteiger partial charge in [-0.05, 0) is 86.0 Å². The van der Waals surface area contributed by atoms with Gasteiger partial charge in [-0.1, -0.05) is 27.7 Å². The fourth-order valence-electron chi connectivity index (χ4n) is 8.77. The van der Waals surface area contributed by atoms with Crippen molar-refractivity contribution in [3.8, 4) is 0 Å². The Morgan fingerprint density at radius 2 is 1.89 bits per heavy atom. The summed E-state index contributed by atoms with van der Waals surface area (Å²) in [5.74, 6) is 0.463. The van der Waals surface area contributed by atoms with Gasteiger partial charge in [-0.25, -0.2) is 4.79 Å². The molecule has 5 rings (SSSR count). The van der Waals surface area contributed by atoms with Crippen LogP contribution in [0.4, 0.5) is 0 Å². The molecule has 4 fully saturated rings. The number of rotatable bonds is 4. The van der Waals surface area contributed by atoms with Crippen molar-refractivity contribution < 1.29 is 29.3 Å². The van der Waals surface area contributed by atoms with E-state index >= 15 is 0 Å². The zero-order valence-corrected chi connectivity index (χ0v) is 22.1. The van der Waals surface area contributed by atoms with Crippen LogP contribution in [0.25, 0.3) is 0 Å². The molecular weight excluding hydrogens is 446 g/mol. The van der Waals surface area contributed by atoms with Gasteiger partial charge in [-0.15, -0.1) is 0 Å². The number of amides is 1. The monoisotopic (exact) mass is 491 g/mol. The Morgan fingerprint density at radius 3 is 2.54 bits per heavy atom. The fraction of sp³-hybridized carbons (Fsp3) is 0.857. The quantitative estimate of drug-likeness (QED) is 0.521. The van der Waals surface area contributed by atoms with Crippen molar-refractivity contribution in [2.24, 2.45) is 34.5 Å². The van der Waals surface area contributed by atoms with Crippen LogP contribution in [-0.4, -0.2) is 60.2 Å². The average Bonchev–Trinajstić information content (AvgIpc) is 3.40. The van der Waals surface area contributed by atoms with E-state index < -0.39 is 17.1 Å². The first-order chi connectivity index (χ1) is 16.6. The molecule has 0 radical (unpaired) electrons. The Morgan fingerprint density at radius 1 is 1.14 bits per heavy atom. The molecule has 3 N–H and O–H groups in total. The molecule has 1 amide bonds. The number of cyclic esters (lactones) is 1. The van der Waals surface area contributed by atoms with E-state index in [1.54, 1.807) is 13.1 Å². The van der Waals surface area contributed by atoms with Gasteiger partial charge in [0.1, 0.15) is 13.2 Å². The van der Waals surface area contributed by atoms with Crippen LogP contribution >= 0.6 is 0 Å². The van der Waals surface area contributed by atoms with Gasteiger partial charge in [-0.2, -0.15) is 0 Å². The molecule has 7 nitrogen and oxygen atoms in total. The number of fused-ring (bicyclic) bond motifs is 5. The predicted octanol–water partition coefficient (Wildman–Crippen LogP) is 3.37. The molecule has 0 aromatic rings. The average molecular weight is 492 g/mol. The topological polar surface area (TPSA) is 105 Å². The van der Waals surface area contributed by atoms with Crippen molar-refractivity contribution in [2.45, 2.75) is 96.9 Å². The number of carbonyl (C=O) groups is 2. The van der Waals surface area contributed by atoms with Crippen molar-refractivity contribution in [3.63, 3.8) is 0 Å². The molecule has 4 saturated carbocycles.